The van der Waals surface area contributed by atoms with Crippen LogP contribution < -0.4 is 0 Å². The second-order valence-corrected chi connectivity index (χ2v) is 5.12. The first-order valence-corrected chi connectivity index (χ1v) is 6.53. The van der Waals surface area contributed by atoms with Gasteiger partial charge in [0.25, 0.3) is 0 Å². The van der Waals surface area contributed by atoms with E-state index in [9.17, 15) is 4.39 Å². The summed E-state index contributed by atoms with van der Waals surface area (Å²) in [4.78, 5) is 6.74. The molecule has 1 aromatic rings. The van der Waals surface area contributed by atoms with Crippen molar-refractivity contribution in [3.05, 3.63) is 35.6 Å². The smallest absolute Gasteiger partial charge is 0.159 e. The zero-order chi connectivity index (χ0) is 11.0. The molecule has 0 spiro atoms. The number of halogens is 1. The molecule has 2 nitrogen and oxygen atoms in total. The van der Waals surface area contributed by atoms with Crippen LogP contribution in [-0.4, -0.2) is 28.9 Å². The molecule has 0 radical (unpaired) electrons. The molecule has 0 amide bonds. The molecular weight excluding hydrogens is 223 g/mol. The van der Waals surface area contributed by atoms with E-state index in [0.717, 1.165) is 29.4 Å². The van der Waals surface area contributed by atoms with E-state index in [2.05, 4.69) is 9.89 Å². The van der Waals surface area contributed by atoms with Crippen LogP contribution >= 0.6 is 11.8 Å². The lowest BCUT2D eigenvalue weighted by Gasteiger charge is -2.31. The first-order chi connectivity index (χ1) is 7.86. The van der Waals surface area contributed by atoms with E-state index < -0.39 is 0 Å². The van der Waals surface area contributed by atoms with Crippen LogP contribution in [0, 0.1) is 5.82 Å². The summed E-state index contributed by atoms with van der Waals surface area (Å²) in [5.74, 6) is 1.03. The van der Waals surface area contributed by atoms with Gasteiger partial charge in [-0.1, -0.05) is 30.0 Å². The topological polar surface area (TPSA) is 15.6 Å². The SMILES string of the molecule is Fc1ccccc1C1CN=C2SCCCN21. The van der Waals surface area contributed by atoms with Crippen LogP contribution in [0.5, 0.6) is 0 Å². The van der Waals surface area contributed by atoms with Crippen molar-refractivity contribution in [2.75, 3.05) is 18.8 Å². The summed E-state index contributed by atoms with van der Waals surface area (Å²) >= 11 is 1.79. The Balaban J connectivity index is 1.90. The second kappa shape index (κ2) is 4.09. The van der Waals surface area contributed by atoms with Crippen LogP contribution in [0.25, 0.3) is 0 Å². The summed E-state index contributed by atoms with van der Waals surface area (Å²) < 4.78 is 13.7. The fourth-order valence-electron chi connectivity index (χ4n) is 2.28. The average molecular weight is 236 g/mol. The number of fused-ring (bicyclic) bond motifs is 1. The number of aliphatic imine (C=N–C) groups is 1. The monoisotopic (exact) mass is 236 g/mol. The lowest BCUT2D eigenvalue weighted by molar-refractivity contribution is 0.343. The maximum Gasteiger partial charge on any atom is 0.159 e. The molecule has 1 saturated heterocycles. The van der Waals surface area contributed by atoms with Gasteiger partial charge in [-0.2, -0.15) is 0 Å². The summed E-state index contributed by atoms with van der Waals surface area (Å²) in [5, 5.41) is 1.10. The maximum atomic E-state index is 13.7. The molecule has 4 heteroatoms. The molecule has 84 valence electrons. The molecule has 2 heterocycles. The summed E-state index contributed by atoms with van der Waals surface area (Å²) in [5.41, 5.74) is 0.781. The molecule has 0 aromatic heterocycles. The van der Waals surface area contributed by atoms with Gasteiger partial charge in [0.15, 0.2) is 5.17 Å². The van der Waals surface area contributed by atoms with Crippen molar-refractivity contribution in [3.8, 4) is 0 Å². The molecule has 0 saturated carbocycles. The van der Waals surface area contributed by atoms with Crippen LogP contribution in [0.4, 0.5) is 4.39 Å². The highest BCUT2D eigenvalue weighted by Gasteiger charge is 2.32. The predicted octanol–water partition coefficient (Wildman–Crippen LogP) is 2.68. The Morgan fingerprint density at radius 2 is 2.25 bits per heavy atom. The quantitative estimate of drug-likeness (QED) is 0.745. The van der Waals surface area contributed by atoms with E-state index in [-0.39, 0.29) is 11.9 Å². The molecule has 3 rings (SSSR count). The number of nitrogens with zero attached hydrogens (tertiary/aromatic N) is 2. The molecule has 0 aliphatic carbocycles. The van der Waals surface area contributed by atoms with Crippen LogP contribution in [0.1, 0.15) is 18.0 Å². The summed E-state index contributed by atoms with van der Waals surface area (Å²) in [6.07, 6.45) is 1.16. The molecule has 1 atom stereocenters. The standard InChI is InChI=1S/C12H13FN2S/c13-10-5-2-1-4-9(10)11-8-14-12-15(11)6-3-7-16-12/h1-2,4-5,11H,3,6-8H2. The van der Waals surface area contributed by atoms with Crippen molar-refractivity contribution in [2.24, 2.45) is 4.99 Å². The van der Waals surface area contributed by atoms with Crippen molar-refractivity contribution in [1.82, 2.24) is 4.90 Å². The van der Waals surface area contributed by atoms with Crippen molar-refractivity contribution < 1.29 is 4.39 Å². The first kappa shape index (κ1) is 10.1. The zero-order valence-corrected chi connectivity index (χ0v) is 9.71. The lowest BCUT2D eigenvalue weighted by Crippen LogP contribution is -2.34. The minimum absolute atomic E-state index is 0.112. The Morgan fingerprint density at radius 3 is 3.12 bits per heavy atom. The Labute approximate surface area is 98.6 Å². The number of rotatable bonds is 1. The van der Waals surface area contributed by atoms with Gasteiger partial charge in [0.05, 0.1) is 12.6 Å². The Hall–Kier alpha value is -1.03. The Bertz CT molecular complexity index is 433. The third-order valence-electron chi connectivity index (χ3n) is 3.06. The number of benzene rings is 1. The fraction of sp³-hybridized carbons (Fsp3) is 0.417. The zero-order valence-electron chi connectivity index (χ0n) is 8.90. The van der Waals surface area contributed by atoms with E-state index in [1.165, 1.54) is 6.07 Å². The Kier molecular flexibility index (Phi) is 2.59. The van der Waals surface area contributed by atoms with Crippen LogP contribution in [-0.2, 0) is 0 Å². The third-order valence-corrected chi connectivity index (χ3v) is 4.17. The van der Waals surface area contributed by atoms with Crippen molar-refractivity contribution in [2.45, 2.75) is 12.5 Å². The number of hydrogen-bond donors (Lipinski definition) is 0. The number of amidine groups is 1. The Morgan fingerprint density at radius 1 is 1.38 bits per heavy atom. The van der Waals surface area contributed by atoms with E-state index in [1.54, 1.807) is 17.8 Å². The van der Waals surface area contributed by atoms with Crippen LogP contribution in [0.15, 0.2) is 29.3 Å². The number of hydrogen-bond acceptors (Lipinski definition) is 3. The second-order valence-electron chi connectivity index (χ2n) is 4.06. The van der Waals surface area contributed by atoms with Crippen LogP contribution in [0.3, 0.4) is 0 Å². The molecule has 2 aliphatic heterocycles. The van der Waals surface area contributed by atoms with Gasteiger partial charge in [-0.25, -0.2) is 4.39 Å². The minimum atomic E-state index is -0.112. The van der Waals surface area contributed by atoms with Gasteiger partial charge >= 0.3 is 0 Å². The van der Waals surface area contributed by atoms with E-state index >= 15 is 0 Å². The molecular formula is C12H13FN2S. The lowest BCUT2D eigenvalue weighted by atomic mass is 10.1. The molecule has 16 heavy (non-hydrogen) atoms. The molecule has 2 aliphatic rings. The fourth-order valence-corrected chi connectivity index (χ4v) is 3.28. The molecule has 1 aromatic carbocycles. The summed E-state index contributed by atoms with van der Waals surface area (Å²) in [7, 11) is 0. The van der Waals surface area contributed by atoms with Gasteiger partial charge in [-0.3, -0.25) is 4.99 Å². The normalized spacial score (nSPS) is 24.2. The average Bonchev–Trinajstić information content (AvgIpc) is 2.74. The molecule has 0 bridgehead atoms. The largest absolute Gasteiger partial charge is 0.342 e. The number of thioether (sulfide) groups is 1. The van der Waals surface area contributed by atoms with E-state index in [1.807, 2.05) is 12.1 Å². The highest BCUT2D eigenvalue weighted by Crippen LogP contribution is 2.34. The minimum Gasteiger partial charge on any atom is -0.342 e. The molecule has 1 unspecified atom stereocenters. The van der Waals surface area contributed by atoms with Gasteiger partial charge in [0, 0.05) is 17.9 Å². The maximum absolute atomic E-state index is 13.7. The van der Waals surface area contributed by atoms with Gasteiger partial charge in [-0.05, 0) is 12.5 Å². The van der Waals surface area contributed by atoms with E-state index in [4.69, 9.17) is 0 Å². The van der Waals surface area contributed by atoms with E-state index in [0.29, 0.717) is 6.54 Å². The highest BCUT2D eigenvalue weighted by molar-refractivity contribution is 8.13. The highest BCUT2D eigenvalue weighted by atomic mass is 32.2. The first-order valence-electron chi connectivity index (χ1n) is 5.54. The molecule has 0 N–H and O–H groups in total. The van der Waals surface area contributed by atoms with Crippen molar-refractivity contribution >= 4 is 16.9 Å². The summed E-state index contributed by atoms with van der Waals surface area (Å²) in [6.45, 7) is 1.70. The van der Waals surface area contributed by atoms with Gasteiger partial charge in [0.1, 0.15) is 5.82 Å². The predicted molar refractivity (Wildman–Crippen MR) is 65.2 cm³/mol. The molecule has 1 fully saturated rings. The third kappa shape index (κ3) is 1.61. The summed E-state index contributed by atoms with van der Waals surface area (Å²) in [6, 6.07) is 7.15. The van der Waals surface area contributed by atoms with Crippen molar-refractivity contribution in [3.63, 3.8) is 0 Å². The van der Waals surface area contributed by atoms with Crippen LogP contribution in [0.2, 0.25) is 0 Å². The van der Waals surface area contributed by atoms with Gasteiger partial charge in [-0.15, -0.1) is 0 Å². The van der Waals surface area contributed by atoms with Gasteiger partial charge < -0.3 is 4.90 Å². The van der Waals surface area contributed by atoms with Crippen molar-refractivity contribution in [1.29, 1.82) is 0 Å². The van der Waals surface area contributed by atoms with Gasteiger partial charge in [0.2, 0.25) is 0 Å².